The summed E-state index contributed by atoms with van der Waals surface area (Å²) in [5.41, 5.74) is 9.43. The number of amides is 1. The second kappa shape index (κ2) is 10.4. The van der Waals surface area contributed by atoms with Gasteiger partial charge < -0.3 is 15.4 Å². The van der Waals surface area contributed by atoms with Gasteiger partial charge in [0.05, 0.1) is 51.1 Å². The van der Waals surface area contributed by atoms with Crippen LogP contribution in [0.4, 0.5) is 5.69 Å². The van der Waals surface area contributed by atoms with Crippen LogP contribution in [-0.4, -0.2) is 39.3 Å². The number of para-hydroxylation sites is 3. The molecule has 0 saturated carbocycles. The Labute approximate surface area is 283 Å². The molecule has 4 heterocycles. The van der Waals surface area contributed by atoms with Crippen LogP contribution in [0.2, 0.25) is 0 Å². The Morgan fingerprint density at radius 3 is 2.24 bits per heavy atom. The van der Waals surface area contributed by atoms with Crippen molar-refractivity contribution in [1.82, 2.24) is 25.0 Å². The number of fused-ring (bicyclic) bond motifs is 10. The van der Waals surface area contributed by atoms with E-state index in [9.17, 15) is 13.7 Å². The molecule has 1 atom stereocenters. The van der Waals surface area contributed by atoms with E-state index in [1.807, 2.05) is 66.7 Å². The summed E-state index contributed by atoms with van der Waals surface area (Å²) in [6.45, 7) is -0.0174. The molecule has 0 radical (unpaired) electrons. The number of primary sulfonamides is 1. The SMILES string of the molecule is N#CC1=C(N)Oc2c(c3nc4ccccc4nc3c3ccccc23)C12C(=O)N(Cc1cnnn1-c1ccc(S(N)(=O)=O)cc1)c1ccccc12. The molecular weight excluding hydrogens is 655 g/mol. The lowest BCUT2D eigenvalue weighted by atomic mass is 9.67. The number of rotatable bonds is 4. The second-order valence-corrected chi connectivity index (χ2v) is 13.5. The average Bonchev–Trinajstić information content (AvgIpc) is 3.68. The first-order valence-corrected chi connectivity index (χ1v) is 16.9. The van der Waals surface area contributed by atoms with Gasteiger partial charge in [-0.3, -0.25) is 4.79 Å². The number of nitrogens with zero attached hydrogens (tertiary/aromatic N) is 7. The van der Waals surface area contributed by atoms with Crippen molar-refractivity contribution in [3.05, 3.63) is 132 Å². The fourth-order valence-electron chi connectivity index (χ4n) is 7.17. The molecule has 0 aliphatic carbocycles. The third-order valence-electron chi connectivity index (χ3n) is 9.30. The summed E-state index contributed by atoms with van der Waals surface area (Å²) in [5.74, 6) is -0.322. The van der Waals surface area contributed by atoms with Crippen molar-refractivity contribution in [3.63, 3.8) is 0 Å². The number of carbonyl (C=O) groups excluding carboxylic acids is 1. The Balaban J connectivity index is 1.30. The number of sulfonamides is 1. The summed E-state index contributed by atoms with van der Waals surface area (Å²) in [6.07, 6.45) is 1.52. The molecule has 0 fully saturated rings. The predicted molar refractivity (Wildman–Crippen MR) is 183 cm³/mol. The molecule has 5 aromatic carbocycles. The van der Waals surface area contributed by atoms with Gasteiger partial charge in [0.15, 0.2) is 0 Å². The zero-order valence-corrected chi connectivity index (χ0v) is 26.7. The summed E-state index contributed by atoms with van der Waals surface area (Å²) in [6, 6.07) is 30.3. The first-order chi connectivity index (χ1) is 24.2. The number of hydrogen-bond donors (Lipinski definition) is 2. The van der Waals surface area contributed by atoms with Gasteiger partial charge >= 0.3 is 0 Å². The number of aromatic nitrogens is 5. The van der Waals surface area contributed by atoms with E-state index in [2.05, 4.69) is 16.4 Å². The lowest BCUT2D eigenvalue weighted by Gasteiger charge is -2.35. The maximum Gasteiger partial charge on any atom is 0.248 e. The lowest BCUT2D eigenvalue weighted by Crippen LogP contribution is -2.46. The van der Waals surface area contributed by atoms with Crippen molar-refractivity contribution < 1.29 is 17.9 Å². The summed E-state index contributed by atoms with van der Waals surface area (Å²) in [5, 5.41) is 25.8. The number of benzene rings is 5. The third kappa shape index (κ3) is 3.95. The average molecular weight is 678 g/mol. The topological polar surface area (TPSA) is 196 Å². The number of nitrogens with two attached hydrogens (primary N) is 2. The first kappa shape index (κ1) is 29.4. The standard InChI is InChI=1S/C36H23N9O4S/c37-17-26-34(38)49-33-24-8-2-1-7-23(24)31-32(42-28-11-5-4-10-27(28)41-31)30(33)36(26)25-9-3-6-12-29(25)44(35(36)46)19-21-18-40-43-45(21)20-13-15-22(16-14-20)50(39,47)48/h1-16,18H,19,38H2,(H2,39,47,48). The molecule has 1 unspecified atom stereocenters. The summed E-state index contributed by atoms with van der Waals surface area (Å²) < 4.78 is 31.5. The summed E-state index contributed by atoms with van der Waals surface area (Å²) >= 11 is 0. The van der Waals surface area contributed by atoms with Gasteiger partial charge in [-0.1, -0.05) is 59.8 Å². The molecule has 9 rings (SSSR count). The minimum absolute atomic E-state index is 0.0174. The van der Waals surface area contributed by atoms with Gasteiger partial charge in [-0.25, -0.2) is 28.2 Å². The molecule has 0 bridgehead atoms. The lowest BCUT2D eigenvalue weighted by molar-refractivity contribution is -0.121. The number of ether oxygens (including phenoxy) is 1. The summed E-state index contributed by atoms with van der Waals surface area (Å²) in [7, 11) is -3.91. The van der Waals surface area contributed by atoms with Gasteiger partial charge in [0.1, 0.15) is 22.8 Å². The normalized spacial score (nSPS) is 17.0. The van der Waals surface area contributed by atoms with Crippen LogP contribution < -0.4 is 20.5 Å². The molecule has 1 spiro atoms. The van der Waals surface area contributed by atoms with Crippen molar-refractivity contribution in [2.45, 2.75) is 16.9 Å². The van der Waals surface area contributed by atoms with Gasteiger partial charge in [0, 0.05) is 27.6 Å². The van der Waals surface area contributed by atoms with E-state index >= 15 is 4.79 Å². The maximum atomic E-state index is 15.4. The van der Waals surface area contributed by atoms with Crippen LogP contribution in [-0.2, 0) is 26.8 Å². The van der Waals surface area contributed by atoms with Gasteiger partial charge in [0.25, 0.3) is 0 Å². The first-order valence-electron chi connectivity index (χ1n) is 15.4. The number of hydrogen-bond acceptors (Lipinski definition) is 10. The molecule has 242 valence electrons. The van der Waals surface area contributed by atoms with Crippen LogP contribution in [0.1, 0.15) is 16.8 Å². The molecule has 7 aromatic rings. The molecule has 2 aliphatic heterocycles. The molecular formula is C36H23N9O4S. The molecule has 0 saturated heterocycles. The van der Waals surface area contributed by atoms with Crippen LogP contribution in [0.3, 0.4) is 0 Å². The van der Waals surface area contributed by atoms with E-state index in [1.54, 1.807) is 23.1 Å². The van der Waals surface area contributed by atoms with Crippen LogP contribution in [0.5, 0.6) is 5.75 Å². The molecule has 2 aliphatic rings. The molecule has 1 amide bonds. The number of carbonyl (C=O) groups is 1. The van der Waals surface area contributed by atoms with Crippen molar-refractivity contribution >= 4 is 54.5 Å². The van der Waals surface area contributed by atoms with Crippen LogP contribution in [0.15, 0.2) is 120 Å². The van der Waals surface area contributed by atoms with Crippen LogP contribution >= 0.6 is 0 Å². The van der Waals surface area contributed by atoms with Crippen molar-refractivity contribution in [1.29, 1.82) is 5.26 Å². The van der Waals surface area contributed by atoms with Crippen molar-refractivity contribution in [3.8, 4) is 17.5 Å². The minimum atomic E-state index is -3.91. The van der Waals surface area contributed by atoms with Gasteiger partial charge in [-0.2, -0.15) is 5.26 Å². The largest absolute Gasteiger partial charge is 0.439 e. The molecule has 13 nitrogen and oxygen atoms in total. The molecule has 4 N–H and O–H groups in total. The summed E-state index contributed by atoms with van der Waals surface area (Å²) in [4.78, 5) is 27.1. The van der Waals surface area contributed by atoms with E-state index < -0.39 is 21.3 Å². The van der Waals surface area contributed by atoms with Gasteiger partial charge in [-0.05, 0) is 42.5 Å². The quantitative estimate of drug-likeness (QED) is 0.202. The maximum absolute atomic E-state index is 15.4. The highest BCUT2D eigenvalue weighted by molar-refractivity contribution is 7.89. The fourth-order valence-corrected chi connectivity index (χ4v) is 7.68. The Bertz CT molecular complexity index is 2810. The molecule has 50 heavy (non-hydrogen) atoms. The minimum Gasteiger partial charge on any atom is -0.439 e. The molecule has 2 aromatic heterocycles. The van der Waals surface area contributed by atoms with E-state index in [1.165, 1.54) is 23.0 Å². The van der Waals surface area contributed by atoms with E-state index in [0.717, 1.165) is 5.39 Å². The van der Waals surface area contributed by atoms with E-state index in [-0.39, 0.29) is 22.9 Å². The molecule has 14 heteroatoms. The van der Waals surface area contributed by atoms with Gasteiger partial charge in [0.2, 0.25) is 21.8 Å². The zero-order chi connectivity index (χ0) is 34.4. The van der Waals surface area contributed by atoms with Gasteiger partial charge in [-0.15, -0.1) is 5.10 Å². The zero-order valence-electron chi connectivity index (χ0n) is 25.8. The third-order valence-corrected chi connectivity index (χ3v) is 10.2. The van der Waals surface area contributed by atoms with Crippen LogP contribution in [0, 0.1) is 11.3 Å². The fraction of sp³-hybridized carbons (Fsp3) is 0.0556. The van der Waals surface area contributed by atoms with Crippen LogP contribution in [0.25, 0.3) is 38.5 Å². The van der Waals surface area contributed by atoms with Crippen molar-refractivity contribution in [2.24, 2.45) is 10.9 Å². The Morgan fingerprint density at radius 1 is 0.860 bits per heavy atom. The predicted octanol–water partition coefficient (Wildman–Crippen LogP) is 4.08. The van der Waals surface area contributed by atoms with E-state index in [4.69, 9.17) is 25.6 Å². The monoisotopic (exact) mass is 677 g/mol. The smallest absolute Gasteiger partial charge is 0.248 e. The highest BCUT2D eigenvalue weighted by atomic mass is 32.2. The highest BCUT2D eigenvalue weighted by Gasteiger charge is 2.60. The highest BCUT2D eigenvalue weighted by Crippen LogP contribution is 2.58. The van der Waals surface area contributed by atoms with E-state index in [0.29, 0.717) is 61.4 Å². The second-order valence-electron chi connectivity index (χ2n) is 11.9. The van der Waals surface area contributed by atoms with Crippen molar-refractivity contribution in [2.75, 3.05) is 4.90 Å². The Morgan fingerprint density at radius 2 is 1.52 bits per heavy atom. The Kier molecular flexibility index (Phi) is 6.13. The Hall–Kier alpha value is -6.69. The number of nitriles is 1. The number of anilines is 1.